The van der Waals surface area contributed by atoms with Crippen LogP contribution >= 0.6 is 15.6 Å². The Kier molecular flexibility index (Phi) is 20.1. The summed E-state index contributed by atoms with van der Waals surface area (Å²) in [5.41, 5.74) is 0. The topological polar surface area (TPSA) is 291 Å². The maximum atomic E-state index is 9.71. The second kappa shape index (κ2) is 9.61. The molecular formula is H16N4O8P2. The van der Waals surface area contributed by atoms with Crippen molar-refractivity contribution in [2.24, 2.45) is 0 Å². The van der Waals surface area contributed by atoms with Crippen molar-refractivity contribution in [3.8, 4) is 0 Å². The van der Waals surface area contributed by atoms with Crippen molar-refractivity contribution in [1.82, 2.24) is 24.6 Å². The summed E-state index contributed by atoms with van der Waals surface area (Å²) in [6, 6.07) is 0. The van der Waals surface area contributed by atoms with E-state index >= 15 is 0 Å². The third kappa shape index (κ3) is 18.0. The van der Waals surface area contributed by atoms with Crippen LogP contribution in [0.4, 0.5) is 0 Å². The average molecular weight is 262 g/mol. The lowest BCUT2D eigenvalue weighted by Crippen LogP contribution is -2.21. The molecule has 0 aromatic heterocycles. The summed E-state index contributed by atoms with van der Waals surface area (Å²) >= 11 is 0. The zero-order valence-electron chi connectivity index (χ0n) is 8.16. The molecule has 14 heavy (non-hydrogen) atoms. The molecule has 0 heterocycles. The first-order valence-corrected chi connectivity index (χ1v) is 4.55. The van der Waals surface area contributed by atoms with E-state index in [0.717, 1.165) is 0 Å². The van der Waals surface area contributed by atoms with Crippen molar-refractivity contribution in [2.45, 2.75) is 0 Å². The quantitative estimate of drug-likeness (QED) is 0.252. The summed E-state index contributed by atoms with van der Waals surface area (Å²) in [7, 11) is -11.2. The SMILES string of the molecule is O=P([O-])([O-])OP(=O)([O-])O[O-].[NH4+].[NH4+].[NH4+].[NH4+]. The second-order valence-electron chi connectivity index (χ2n) is 1.05. The van der Waals surface area contributed by atoms with E-state index in [2.05, 4.69) is 8.99 Å². The number of hydrogen-bond donors (Lipinski definition) is 4. The first-order valence-electron chi connectivity index (χ1n) is 1.63. The Balaban J connectivity index is -0.0000000675. The molecule has 0 rings (SSSR count). The standard InChI is InChI=1S/4H3N.H4O8P2/c;;;;1-7-10(5,6)8-9(2,3)4/h4*1H3;1H,(H,5,6)(H2,2,3,4). The van der Waals surface area contributed by atoms with Gasteiger partial charge in [-0.25, -0.2) is 0 Å². The zero-order valence-corrected chi connectivity index (χ0v) is 9.95. The molecular weight excluding hydrogens is 246 g/mol. The van der Waals surface area contributed by atoms with Crippen LogP contribution in [-0.4, -0.2) is 0 Å². The molecule has 16 N–H and O–H groups in total. The van der Waals surface area contributed by atoms with Gasteiger partial charge in [-0.15, -0.1) is 0 Å². The minimum atomic E-state index is -5.70. The minimum Gasteiger partial charge on any atom is -0.790 e. The van der Waals surface area contributed by atoms with Crippen molar-refractivity contribution in [3.05, 3.63) is 0 Å². The van der Waals surface area contributed by atoms with Gasteiger partial charge in [0.15, 0.2) is 0 Å². The minimum absolute atomic E-state index is 0. The van der Waals surface area contributed by atoms with Crippen LogP contribution in [0, 0.1) is 0 Å². The average Bonchev–Trinajstić information content (AvgIpc) is 1.60. The molecule has 1 atom stereocenters. The number of hydrogen-bond acceptors (Lipinski definition) is 8. The fourth-order valence-corrected chi connectivity index (χ4v) is 1.22. The van der Waals surface area contributed by atoms with E-state index in [-0.39, 0.29) is 24.6 Å². The van der Waals surface area contributed by atoms with Crippen LogP contribution in [0.1, 0.15) is 0 Å². The van der Waals surface area contributed by atoms with Crippen molar-refractivity contribution >= 4 is 15.6 Å². The molecule has 14 heteroatoms. The molecule has 94 valence electrons. The van der Waals surface area contributed by atoms with Crippen LogP contribution in [0.5, 0.6) is 0 Å². The molecule has 1 unspecified atom stereocenters. The third-order valence-corrected chi connectivity index (χ3v) is 2.07. The van der Waals surface area contributed by atoms with Gasteiger partial charge in [-0.3, -0.25) is 8.88 Å². The molecule has 12 nitrogen and oxygen atoms in total. The molecule has 0 saturated carbocycles. The van der Waals surface area contributed by atoms with Crippen molar-refractivity contribution in [1.29, 1.82) is 0 Å². The first kappa shape index (κ1) is 29.2. The van der Waals surface area contributed by atoms with Gasteiger partial charge in [-0.05, 0) is 0 Å². The Hall–Kier alpha value is 0.0600. The predicted molar refractivity (Wildman–Crippen MR) is 41.3 cm³/mol. The Labute approximate surface area is 79.3 Å². The van der Waals surface area contributed by atoms with Gasteiger partial charge in [0.05, 0.1) is 7.82 Å². The van der Waals surface area contributed by atoms with Gasteiger partial charge in [0.1, 0.15) is 0 Å². The molecule has 0 aromatic carbocycles. The molecule has 0 spiro atoms. The number of phosphoric acid groups is 2. The highest BCUT2D eigenvalue weighted by molar-refractivity contribution is 7.58. The van der Waals surface area contributed by atoms with Gasteiger partial charge in [0.2, 0.25) is 0 Å². The fraction of sp³-hybridized carbons (Fsp3) is 0. The van der Waals surface area contributed by atoms with E-state index < -0.39 is 15.6 Å². The summed E-state index contributed by atoms with van der Waals surface area (Å²) in [6.07, 6.45) is 0. The highest BCUT2D eigenvalue weighted by Gasteiger charge is 2.05. The molecule has 0 fully saturated rings. The van der Waals surface area contributed by atoms with Crippen LogP contribution in [0.15, 0.2) is 0 Å². The molecule has 0 bridgehead atoms. The molecule has 0 aromatic rings. The van der Waals surface area contributed by atoms with E-state index in [1.54, 1.807) is 0 Å². The normalized spacial score (nSPS) is 13.1. The van der Waals surface area contributed by atoms with E-state index in [9.17, 15) is 23.8 Å². The summed E-state index contributed by atoms with van der Waals surface area (Å²) in [5, 5.41) is 9.03. The number of quaternary nitrogens is 4. The lowest BCUT2D eigenvalue weighted by Gasteiger charge is -2.36. The molecule has 0 aliphatic carbocycles. The highest BCUT2D eigenvalue weighted by Crippen LogP contribution is 2.48. The van der Waals surface area contributed by atoms with Gasteiger partial charge in [0.25, 0.3) is 7.82 Å². The molecule has 0 aliphatic heterocycles. The van der Waals surface area contributed by atoms with Crippen LogP contribution in [0.3, 0.4) is 0 Å². The van der Waals surface area contributed by atoms with Crippen LogP contribution in [0.25, 0.3) is 0 Å². The van der Waals surface area contributed by atoms with Gasteiger partial charge >= 0.3 is 0 Å². The summed E-state index contributed by atoms with van der Waals surface area (Å²) in [5.74, 6) is 0. The molecule has 0 amide bonds. The predicted octanol–water partition coefficient (Wildman–Crippen LogP) is -1.90. The van der Waals surface area contributed by atoms with Gasteiger partial charge in [-0.1, -0.05) is 0 Å². The largest absolute Gasteiger partial charge is 0.790 e. The van der Waals surface area contributed by atoms with Crippen LogP contribution < -0.4 is 44.5 Å². The molecule has 0 saturated heterocycles. The highest BCUT2D eigenvalue weighted by atomic mass is 31.3. The summed E-state index contributed by atoms with van der Waals surface area (Å²) in [4.78, 5) is 28.6. The van der Waals surface area contributed by atoms with Crippen LogP contribution in [-0.2, 0) is 18.1 Å². The Morgan fingerprint density at radius 3 is 1.21 bits per heavy atom. The zero-order chi connectivity index (χ0) is 8.41. The number of rotatable bonds is 3. The lowest BCUT2D eigenvalue weighted by atomic mass is 14.0. The Morgan fingerprint density at radius 2 is 1.14 bits per heavy atom. The Bertz CT molecular complexity index is 198. The smallest absolute Gasteiger partial charge is 0.262 e. The van der Waals surface area contributed by atoms with Crippen LogP contribution in [0.2, 0.25) is 0 Å². The van der Waals surface area contributed by atoms with Crippen molar-refractivity contribution < 1.29 is 38.1 Å². The lowest BCUT2D eigenvalue weighted by molar-refractivity contribution is -0.651. The van der Waals surface area contributed by atoms with Gasteiger partial charge in [0, 0.05) is 0 Å². The van der Waals surface area contributed by atoms with E-state index in [4.69, 9.17) is 5.26 Å². The maximum Gasteiger partial charge on any atom is 0.262 e. The molecule has 0 aliphatic rings. The fourth-order valence-electron chi connectivity index (χ4n) is 0.136. The first-order chi connectivity index (χ1) is 4.27. The molecule has 0 radical (unpaired) electrons. The summed E-state index contributed by atoms with van der Waals surface area (Å²) in [6.45, 7) is 0. The van der Waals surface area contributed by atoms with Crippen molar-refractivity contribution in [3.63, 3.8) is 0 Å². The van der Waals surface area contributed by atoms with Gasteiger partial charge in [-0.2, -0.15) is 0 Å². The maximum absolute atomic E-state index is 9.71. The van der Waals surface area contributed by atoms with E-state index in [1.165, 1.54) is 0 Å². The third-order valence-electron chi connectivity index (χ3n) is 0.291. The summed E-state index contributed by atoms with van der Waals surface area (Å²) < 4.78 is 24.1. The Morgan fingerprint density at radius 1 is 0.857 bits per heavy atom. The van der Waals surface area contributed by atoms with E-state index in [1.807, 2.05) is 0 Å². The van der Waals surface area contributed by atoms with E-state index in [0.29, 0.717) is 0 Å². The monoisotopic (exact) mass is 262 g/mol. The van der Waals surface area contributed by atoms with Gasteiger partial charge < -0.3 is 53.8 Å². The second-order valence-corrected chi connectivity index (χ2v) is 3.64. The van der Waals surface area contributed by atoms with Crippen molar-refractivity contribution in [2.75, 3.05) is 0 Å².